The van der Waals surface area contributed by atoms with Gasteiger partial charge in [0.25, 0.3) is 16.1 Å². The maximum absolute atomic E-state index is 10.00. The molecule has 0 bridgehead atoms. The summed E-state index contributed by atoms with van der Waals surface area (Å²) in [4.78, 5) is 9.00. The SMILES string of the molecule is CC(=O)O.CC(C)CS(=O)(=O)O.CN. The topological polar surface area (TPSA) is 118 Å². The largest absolute Gasteiger partial charge is 0.481 e. The fourth-order valence-electron chi connectivity index (χ4n) is 0.421. The predicted molar refractivity (Wildman–Crippen MR) is 54.7 cm³/mol. The van der Waals surface area contributed by atoms with Crippen molar-refractivity contribution in [2.75, 3.05) is 12.8 Å². The molecule has 0 rings (SSSR count). The summed E-state index contributed by atoms with van der Waals surface area (Å²) >= 11 is 0. The zero-order valence-electron chi connectivity index (χ0n) is 8.89. The highest BCUT2D eigenvalue weighted by atomic mass is 32.2. The van der Waals surface area contributed by atoms with Crippen LogP contribution in [0.2, 0.25) is 0 Å². The minimum Gasteiger partial charge on any atom is -0.481 e. The van der Waals surface area contributed by atoms with E-state index in [1.54, 1.807) is 13.8 Å². The lowest BCUT2D eigenvalue weighted by Gasteiger charge is -1.97. The van der Waals surface area contributed by atoms with Crippen LogP contribution in [-0.4, -0.2) is 36.8 Å². The predicted octanol–water partition coefficient (Wildman–Crippen LogP) is 0.196. The molecule has 0 amide bonds. The number of carboxylic acids is 1. The molecule has 0 aliphatic carbocycles. The van der Waals surface area contributed by atoms with Crippen molar-refractivity contribution in [1.82, 2.24) is 0 Å². The molecule has 0 aromatic rings. The number of aliphatic carboxylic acids is 1. The second-order valence-electron chi connectivity index (χ2n) is 2.66. The van der Waals surface area contributed by atoms with Crippen LogP contribution in [0.25, 0.3) is 0 Å². The molecule has 0 fully saturated rings. The molecule has 0 aliphatic heterocycles. The maximum atomic E-state index is 10.00. The summed E-state index contributed by atoms with van der Waals surface area (Å²) in [5.74, 6) is -0.975. The minimum absolute atomic E-state index is 0.00463. The molecule has 0 aromatic carbocycles. The lowest BCUT2D eigenvalue weighted by Crippen LogP contribution is -2.09. The molecule has 0 unspecified atom stereocenters. The fourth-order valence-corrected chi connectivity index (χ4v) is 1.26. The Morgan fingerprint density at radius 1 is 1.36 bits per heavy atom. The molecule has 0 spiro atoms. The van der Waals surface area contributed by atoms with E-state index in [-0.39, 0.29) is 11.7 Å². The number of carbonyl (C=O) groups is 1. The normalized spacial score (nSPS) is 9.36. The average Bonchev–Trinajstić information content (AvgIpc) is 1.84. The highest BCUT2D eigenvalue weighted by Crippen LogP contribution is 1.95. The van der Waals surface area contributed by atoms with Crippen molar-refractivity contribution in [2.24, 2.45) is 11.7 Å². The molecular formula is C7H19NO5S. The van der Waals surface area contributed by atoms with E-state index in [4.69, 9.17) is 14.5 Å². The van der Waals surface area contributed by atoms with Crippen LogP contribution in [0.1, 0.15) is 20.8 Å². The summed E-state index contributed by atoms with van der Waals surface area (Å²) in [6.45, 7) is 4.54. The van der Waals surface area contributed by atoms with Gasteiger partial charge < -0.3 is 10.8 Å². The second kappa shape index (κ2) is 10.4. The lowest BCUT2D eigenvalue weighted by molar-refractivity contribution is -0.134. The van der Waals surface area contributed by atoms with Gasteiger partial charge in [-0.25, -0.2) is 0 Å². The third-order valence-electron chi connectivity index (χ3n) is 0.544. The smallest absolute Gasteiger partial charge is 0.300 e. The highest BCUT2D eigenvalue weighted by molar-refractivity contribution is 7.85. The maximum Gasteiger partial charge on any atom is 0.300 e. The van der Waals surface area contributed by atoms with Crippen LogP contribution < -0.4 is 5.73 Å². The molecule has 0 aliphatic rings. The Balaban J connectivity index is -0.000000170. The summed E-state index contributed by atoms with van der Waals surface area (Å²) in [5.41, 5.74) is 4.50. The van der Waals surface area contributed by atoms with Crippen molar-refractivity contribution >= 4 is 16.1 Å². The Bertz CT molecular complexity index is 218. The average molecular weight is 229 g/mol. The third kappa shape index (κ3) is 64.4. The Morgan fingerprint density at radius 3 is 1.57 bits per heavy atom. The number of rotatable bonds is 2. The number of hydrogen-bond acceptors (Lipinski definition) is 4. The monoisotopic (exact) mass is 229 g/mol. The van der Waals surface area contributed by atoms with E-state index < -0.39 is 16.1 Å². The first-order chi connectivity index (χ1) is 6.15. The summed E-state index contributed by atoms with van der Waals surface area (Å²) in [6.07, 6.45) is 0. The molecule has 0 aromatic heterocycles. The van der Waals surface area contributed by atoms with E-state index in [0.29, 0.717) is 0 Å². The van der Waals surface area contributed by atoms with Gasteiger partial charge in [0.15, 0.2) is 0 Å². The standard InChI is InChI=1S/C4H10O3S.C2H4O2.CH5N/c1-4(2)3-8(5,6)7;1-2(3)4;1-2/h4H,3H2,1-2H3,(H,5,6,7);1H3,(H,3,4);2H2,1H3. The van der Waals surface area contributed by atoms with Crippen LogP contribution in [-0.2, 0) is 14.9 Å². The first-order valence-corrected chi connectivity index (χ1v) is 5.48. The van der Waals surface area contributed by atoms with Crippen LogP contribution >= 0.6 is 0 Å². The van der Waals surface area contributed by atoms with Crippen LogP contribution in [0.15, 0.2) is 0 Å². The van der Waals surface area contributed by atoms with Gasteiger partial charge in [-0.05, 0) is 13.0 Å². The summed E-state index contributed by atoms with van der Waals surface area (Å²) in [6, 6.07) is 0. The molecule has 0 atom stereocenters. The van der Waals surface area contributed by atoms with Crippen molar-refractivity contribution < 1.29 is 22.9 Å². The van der Waals surface area contributed by atoms with Crippen molar-refractivity contribution in [3.8, 4) is 0 Å². The fraction of sp³-hybridized carbons (Fsp3) is 0.857. The highest BCUT2D eigenvalue weighted by Gasteiger charge is 2.05. The Kier molecular flexibility index (Phi) is 14.1. The Morgan fingerprint density at radius 2 is 1.57 bits per heavy atom. The van der Waals surface area contributed by atoms with Gasteiger partial charge in [0.1, 0.15) is 0 Å². The first-order valence-electron chi connectivity index (χ1n) is 3.87. The van der Waals surface area contributed by atoms with Crippen LogP contribution in [0.4, 0.5) is 0 Å². The van der Waals surface area contributed by atoms with E-state index in [1.807, 2.05) is 0 Å². The van der Waals surface area contributed by atoms with Gasteiger partial charge in [-0.1, -0.05) is 13.8 Å². The van der Waals surface area contributed by atoms with Crippen LogP contribution in [0, 0.1) is 5.92 Å². The van der Waals surface area contributed by atoms with Gasteiger partial charge in [-0.15, -0.1) is 0 Å². The molecular weight excluding hydrogens is 210 g/mol. The van der Waals surface area contributed by atoms with E-state index in [1.165, 1.54) is 7.05 Å². The van der Waals surface area contributed by atoms with E-state index in [9.17, 15) is 8.42 Å². The molecule has 7 heteroatoms. The van der Waals surface area contributed by atoms with E-state index in [2.05, 4.69) is 5.73 Å². The quantitative estimate of drug-likeness (QED) is 0.582. The van der Waals surface area contributed by atoms with Crippen molar-refractivity contribution in [3.63, 3.8) is 0 Å². The number of nitrogens with two attached hydrogens (primary N) is 1. The van der Waals surface area contributed by atoms with Gasteiger partial charge in [0, 0.05) is 6.92 Å². The second-order valence-corrected chi connectivity index (χ2v) is 4.16. The van der Waals surface area contributed by atoms with Gasteiger partial charge in [-0.3, -0.25) is 9.35 Å². The van der Waals surface area contributed by atoms with E-state index >= 15 is 0 Å². The lowest BCUT2D eigenvalue weighted by atomic mass is 10.3. The van der Waals surface area contributed by atoms with Gasteiger partial charge in [0.2, 0.25) is 0 Å². The van der Waals surface area contributed by atoms with Gasteiger partial charge in [0.05, 0.1) is 5.75 Å². The van der Waals surface area contributed by atoms with Crippen molar-refractivity contribution in [1.29, 1.82) is 0 Å². The zero-order valence-corrected chi connectivity index (χ0v) is 9.71. The number of hydrogen-bond donors (Lipinski definition) is 3. The molecule has 4 N–H and O–H groups in total. The zero-order chi connectivity index (χ0) is 12.4. The summed E-state index contributed by atoms with van der Waals surface area (Å²) in [5, 5.41) is 7.42. The molecule has 14 heavy (non-hydrogen) atoms. The molecule has 6 nitrogen and oxygen atoms in total. The third-order valence-corrected chi connectivity index (χ3v) is 1.63. The van der Waals surface area contributed by atoms with Crippen LogP contribution in [0.3, 0.4) is 0 Å². The van der Waals surface area contributed by atoms with Crippen LogP contribution in [0.5, 0.6) is 0 Å². The molecule has 88 valence electrons. The summed E-state index contributed by atoms with van der Waals surface area (Å²) in [7, 11) is -2.22. The molecule has 0 heterocycles. The molecule has 0 radical (unpaired) electrons. The molecule has 0 saturated carbocycles. The molecule has 0 saturated heterocycles. The first kappa shape index (κ1) is 19.0. The van der Waals surface area contributed by atoms with Gasteiger partial charge >= 0.3 is 0 Å². The Hall–Kier alpha value is -0.660. The van der Waals surface area contributed by atoms with E-state index in [0.717, 1.165) is 6.92 Å². The summed E-state index contributed by atoms with van der Waals surface area (Å²) < 4.78 is 28.2. The minimum atomic E-state index is -3.72. The van der Waals surface area contributed by atoms with Crippen molar-refractivity contribution in [2.45, 2.75) is 20.8 Å². The Labute approximate surface area is 84.9 Å². The van der Waals surface area contributed by atoms with Crippen molar-refractivity contribution in [3.05, 3.63) is 0 Å². The van der Waals surface area contributed by atoms with Gasteiger partial charge in [-0.2, -0.15) is 8.42 Å². The number of carboxylic acid groups (broad SMARTS) is 1.